The number of aromatic nitrogens is 2. The average Bonchev–Trinajstić information content (AvgIpc) is 3.32. The van der Waals surface area contributed by atoms with Crippen molar-refractivity contribution >= 4 is 5.96 Å². The van der Waals surface area contributed by atoms with Crippen molar-refractivity contribution in [3.63, 3.8) is 0 Å². The van der Waals surface area contributed by atoms with Crippen molar-refractivity contribution in [3.05, 3.63) is 11.7 Å². The fourth-order valence-electron chi connectivity index (χ4n) is 3.13. The van der Waals surface area contributed by atoms with Gasteiger partial charge in [0.1, 0.15) is 0 Å². The molecule has 2 N–H and O–H groups in total. The average molecular weight is 334 g/mol. The molecule has 134 valence electrons. The topological polar surface area (TPSA) is 78.6 Å². The van der Waals surface area contributed by atoms with Crippen LogP contribution in [0.4, 0.5) is 0 Å². The second-order valence-corrected chi connectivity index (χ2v) is 7.14. The number of hydrogen-bond donors (Lipinski definition) is 2. The third-order valence-corrected chi connectivity index (χ3v) is 4.79. The lowest BCUT2D eigenvalue weighted by atomic mass is 10.1. The first-order valence-corrected chi connectivity index (χ1v) is 9.19. The first-order chi connectivity index (χ1) is 11.7. The van der Waals surface area contributed by atoms with E-state index in [0.717, 1.165) is 24.4 Å². The molecule has 7 heteroatoms. The summed E-state index contributed by atoms with van der Waals surface area (Å²) >= 11 is 0. The van der Waals surface area contributed by atoms with Crippen LogP contribution in [0.2, 0.25) is 0 Å². The van der Waals surface area contributed by atoms with E-state index in [4.69, 9.17) is 4.52 Å². The van der Waals surface area contributed by atoms with Crippen LogP contribution < -0.4 is 10.6 Å². The molecule has 24 heavy (non-hydrogen) atoms. The molecule has 1 aliphatic heterocycles. The summed E-state index contributed by atoms with van der Waals surface area (Å²) in [6, 6.07) is 1.40. The van der Waals surface area contributed by atoms with Crippen molar-refractivity contribution in [2.75, 3.05) is 26.7 Å². The van der Waals surface area contributed by atoms with Crippen molar-refractivity contribution in [2.45, 2.75) is 64.0 Å². The molecule has 2 fully saturated rings. The van der Waals surface area contributed by atoms with Gasteiger partial charge >= 0.3 is 0 Å². The van der Waals surface area contributed by atoms with Crippen LogP contribution in [0.15, 0.2) is 9.52 Å². The van der Waals surface area contributed by atoms with E-state index < -0.39 is 0 Å². The number of guanidine groups is 1. The number of hydrogen-bond acceptors (Lipinski definition) is 5. The molecule has 1 saturated carbocycles. The molecule has 3 rings (SSSR count). The van der Waals surface area contributed by atoms with Crippen LogP contribution >= 0.6 is 0 Å². The summed E-state index contributed by atoms with van der Waals surface area (Å²) in [5.74, 6) is 2.61. The van der Waals surface area contributed by atoms with Crippen LogP contribution in [0, 0.1) is 0 Å². The first kappa shape index (κ1) is 17.2. The Bertz CT molecular complexity index is 543. The van der Waals surface area contributed by atoms with Crippen molar-refractivity contribution < 1.29 is 4.52 Å². The molecule has 2 heterocycles. The van der Waals surface area contributed by atoms with Gasteiger partial charge in [-0.3, -0.25) is 4.99 Å². The molecule has 0 unspecified atom stereocenters. The van der Waals surface area contributed by atoms with E-state index >= 15 is 0 Å². The summed E-state index contributed by atoms with van der Waals surface area (Å²) in [4.78, 5) is 11.4. The second-order valence-electron chi connectivity index (χ2n) is 7.14. The van der Waals surface area contributed by atoms with Crippen molar-refractivity contribution in [1.29, 1.82) is 0 Å². The van der Waals surface area contributed by atoms with Gasteiger partial charge in [-0.25, -0.2) is 0 Å². The van der Waals surface area contributed by atoms with Crippen LogP contribution in [0.5, 0.6) is 0 Å². The number of piperidine rings is 1. The summed E-state index contributed by atoms with van der Waals surface area (Å²) in [6.07, 6.45) is 5.89. The van der Waals surface area contributed by atoms with Gasteiger partial charge in [0.25, 0.3) is 0 Å². The lowest BCUT2D eigenvalue weighted by Crippen LogP contribution is -2.49. The molecule has 0 amide bonds. The molecule has 7 nitrogen and oxygen atoms in total. The van der Waals surface area contributed by atoms with E-state index in [2.05, 4.69) is 44.5 Å². The van der Waals surface area contributed by atoms with Crippen LogP contribution in [0.25, 0.3) is 0 Å². The quantitative estimate of drug-likeness (QED) is 0.607. The number of nitrogens with one attached hydrogen (secondary N) is 2. The Morgan fingerprint density at radius 3 is 2.62 bits per heavy atom. The van der Waals surface area contributed by atoms with E-state index in [1.54, 1.807) is 0 Å². The summed E-state index contributed by atoms with van der Waals surface area (Å²) in [6.45, 7) is 7.28. The van der Waals surface area contributed by atoms with Crippen molar-refractivity contribution in [3.8, 4) is 0 Å². The summed E-state index contributed by atoms with van der Waals surface area (Å²) in [5.41, 5.74) is 0. The van der Waals surface area contributed by atoms with Crippen molar-refractivity contribution in [2.24, 2.45) is 4.99 Å². The molecule has 0 radical (unpaired) electrons. The Balaban J connectivity index is 1.37. The Labute approximate surface area is 144 Å². The highest BCUT2D eigenvalue weighted by Crippen LogP contribution is 2.29. The lowest BCUT2D eigenvalue weighted by molar-refractivity contribution is 0.197. The minimum atomic E-state index is 0.298. The van der Waals surface area contributed by atoms with E-state index in [1.807, 2.05) is 7.05 Å². The monoisotopic (exact) mass is 334 g/mol. The fraction of sp³-hybridized carbons (Fsp3) is 0.824. The maximum absolute atomic E-state index is 5.26. The molecule has 0 aromatic carbocycles. The first-order valence-electron chi connectivity index (χ1n) is 9.19. The maximum atomic E-state index is 5.26. The molecular formula is C17H30N6O. The molecule has 1 aromatic rings. The van der Waals surface area contributed by atoms with Gasteiger partial charge in [0.2, 0.25) is 5.89 Å². The zero-order chi connectivity index (χ0) is 16.9. The summed E-state index contributed by atoms with van der Waals surface area (Å²) in [5, 5.41) is 10.9. The zero-order valence-electron chi connectivity index (χ0n) is 15.1. The third kappa shape index (κ3) is 4.69. The van der Waals surface area contributed by atoms with Crippen LogP contribution in [-0.2, 0) is 6.42 Å². The molecular weight excluding hydrogens is 304 g/mol. The minimum Gasteiger partial charge on any atom is -0.356 e. The molecule has 0 spiro atoms. The lowest BCUT2D eigenvalue weighted by Gasteiger charge is -2.33. The fourth-order valence-corrected chi connectivity index (χ4v) is 3.13. The van der Waals surface area contributed by atoms with Crippen molar-refractivity contribution in [1.82, 2.24) is 25.7 Å². The van der Waals surface area contributed by atoms with Gasteiger partial charge < -0.3 is 20.1 Å². The van der Waals surface area contributed by atoms with Crippen LogP contribution in [0.1, 0.15) is 57.2 Å². The normalized spacial score (nSPS) is 20.6. The number of nitrogens with zero attached hydrogens (tertiary/aromatic N) is 4. The van der Waals surface area contributed by atoms with Crippen LogP contribution in [-0.4, -0.2) is 59.8 Å². The largest absolute Gasteiger partial charge is 0.356 e. The number of aliphatic imine (C=N–C) groups is 1. The molecule has 1 aromatic heterocycles. The van der Waals surface area contributed by atoms with Gasteiger partial charge in [-0.15, -0.1) is 0 Å². The Morgan fingerprint density at radius 1 is 1.29 bits per heavy atom. The standard InChI is InChI=1S/C17H30N6O/c1-12(2)16-21-15(24-22-16)6-9-19-17(18-3)20-13-7-10-23(11-8-13)14-4-5-14/h12-14H,4-11H2,1-3H3,(H2,18,19,20). The van der Waals surface area contributed by atoms with Gasteiger partial charge in [0.05, 0.1) is 0 Å². The zero-order valence-corrected chi connectivity index (χ0v) is 15.1. The van der Waals surface area contributed by atoms with Gasteiger partial charge in [-0.1, -0.05) is 19.0 Å². The van der Waals surface area contributed by atoms with E-state index in [-0.39, 0.29) is 0 Å². The minimum absolute atomic E-state index is 0.298. The molecule has 1 aliphatic carbocycles. The number of likely N-dealkylation sites (tertiary alicyclic amines) is 1. The molecule has 2 aliphatic rings. The second kappa shape index (κ2) is 7.96. The van der Waals surface area contributed by atoms with E-state index in [0.29, 0.717) is 24.3 Å². The molecule has 1 saturated heterocycles. The molecule has 0 bridgehead atoms. The van der Waals surface area contributed by atoms with E-state index in [9.17, 15) is 0 Å². The predicted molar refractivity (Wildman–Crippen MR) is 94.2 cm³/mol. The summed E-state index contributed by atoms with van der Waals surface area (Å²) < 4.78 is 5.26. The number of rotatable bonds is 6. The van der Waals surface area contributed by atoms with Gasteiger partial charge in [-0.05, 0) is 25.7 Å². The third-order valence-electron chi connectivity index (χ3n) is 4.79. The van der Waals surface area contributed by atoms with E-state index in [1.165, 1.54) is 38.8 Å². The highest BCUT2D eigenvalue weighted by molar-refractivity contribution is 5.79. The van der Waals surface area contributed by atoms with Gasteiger partial charge in [0.15, 0.2) is 11.8 Å². The van der Waals surface area contributed by atoms with Gasteiger partial charge in [0, 0.05) is 51.1 Å². The van der Waals surface area contributed by atoms with Crippen LogP contribution in [0.3, 0.4) is 0 Å². The Morgan fingerprint density at radius 2 is 2.04 bits per heavy atom. The summed E-state index contributed by atoms with van der Waals surface area (Å²) in [7, 11) is 1.82. The Hall–Kier alpha value is -1.63. The molecule has 0 atom stereocenters. The highest BCUT2D eigenvalue weighted by atomic mass is 16.5. The highest BCUT2D eigenvalue weighted by Gasteiger charge is 2.31. The SMILES string of the molecule is CN=C(NCCc1nc(C(C)C)no1)NC1CCN(C2CC2)CC1. The predicted octanol–water partition coefficient (Wildman–Crippen LogP) is 1.53. The maximum Gasteiger partial charge on any atom is 0.228 e. The smallest absolute Gasteiger partial charge is 0.228 e. The Kier molecular flexibility index (Phi) is 5.71. The van der Waals surface area contributed by atoms with Gasteiger partial charge in [-0.2, -0.15) is 4.98 Å².